The number of hydrogen-bond donors (Lipinski definition) is 2. The maximum Gasteiger partial charge on any atom is 0.142 e. The van der Waals surface area contributed by atoms with E-state index < -0.39 is 0 Å². The van der Waals surface area contributed by atoms with Crippen molar-refractivity contribution in [3.63, 3.8) is 0 Å². The topological polar surface area (TPSA) is 55.5 Å². The van der Waals surface area contributed by atoms with Crippen LogP contribution in [0.4, 0.5) is 5.69 Å². The number of anilines is 1. The molecule has 1 aromatic carbocycles. The zero-order valence-electron chi connectivity index (χ0n) is 7.08. The van der Waals surface area contributed by atoms with Gasteiger partial charge >= 0.3 is 0 Å². The van der Waals surface area contributed by atoms with Crippen molar-refractivity contribution in [1.29, 1.82) is 0 Å². The second kappa shape index (κ2) is 3.97. The summed E-state index contributed by atoms with van der Waals surface area (Å²) in [4.78, 5) is 0. The van der Waals surface area contributed by atoms with Crippen LogP contribution in [0, 0.1) is 6.92 Å². The number of benzene rings is 1. The van der Waals surface area contributed by atoms with Crippen LogP contribution < -0.4 is 10.5 Å². The fraction of sp³-hybridized carbons (Fsp3) is 0.333. The van der Waals surface area contributed by atoms with Crippen LogP contribution in [0.3, 0.4) is 0 Å². The molecular weight excluding hydrogens is 154 g/mol. The standard InChI is InChI=1S/C9H13NO2/c1-7-3-2-4-8(9(7)10)12-6-5-11/h2-4,11H,5-6,10H2,1H3. The normalized spacial score (nSPS) is 9.83. The first-order chi connectivity index (χ1) is 5.75. The van der Waals surface area contributed by atoms with Gasteiger partial charge in [0, 0.05) is 0 Å². The molecule has 0 atom stereocenters. The Morgan fingerprint density at radius 1 is 1.50 bits per heavy atom. The Kier molecular flexibility index (Phi) is 2.94. The Morgan fingerprint density at radius 3 is 2.92 bits per heavy atom. The van der Waals surface area contributed by atoms with Crippen LogP contribution in [-0.2, 0) is 0 Å². The van der Waals surface area contributed by atoms with Gasteiger partial charge in [0.15, 0.2) is 0 Å². The molecule has 0 aliphatic carbocycles. The zero-order valence-corrected chi connectivity index (χ0v) is 7.08. The molecule has 1 rings (SSSR count). The van der Waals surface area contributed by atoms with E-state index in [-0.39, 0.29) is 13.2 Å². The lowest BCUT2D eigenvalue weighted by atomic mass is 10.2. The van der Waals surface area contributed by atoms with Crippen LogP contribution >= 0.6 is 0 Å². The van der Waals surface area contributed by atoms with Crippen LogP contribution in [0.2, 0.25) is 0 Å². The fourth-order valence-electron chi connectivity index (χ4n) is 0.935. The number of aliphatic hydroxyl groups is 1. The number of hydrogen-bond acceptors (Lipinski definition) is 3. The summed E-state index contributed by atoms with van der Waals surface area (Å²) in [6, 6.07) is 5.58. The van der Waals surface area contributed by atoms with Crippen LogP contribution in [0.15, 0.2) is 18.2 Å². The molecule has 0 fully saturated rings. The summed E-state index contributed by atoms with van der Waals surface area (Å²) in [5.74, 6) is 0.643. The quantitative estimate of drug-likeness (QED) is 0.659. The van der Waals surface area contributed by atoms with E-state index in [4.69, 9.17) is 15.6 Å². The lowest BCUT2D eigenvalue weighted by molar-refractivity contribution is 0.202. The van der Waals surface area contributed by atoms with Crippen molar-refractivity contribution < 1.29 is 9.84 Å². The van der Waals surface area contributed by atoms with Crippen LogP contribution in [0.1, 0.15) is 5.56 Å². The highest BCUT2D eigenvalue weighted by Crippen LogP contribution is 2.23. The molecule has 12 heavy (non-hydrogen) atoms. The van der Waals surface area contributed by atoms with E-state index in [1.165, 1.54) is 0 Å². The van der Waals surface area contributed by atoms with Crippen molar-refractivity contribution in [3.05, 3.63) is 23.8 Å². The zero-order chi connectivity index (χ0) is 8.97. The van der Waals surface area contributed by atoms with Gasteiger partial charge in [0.2, 0.25) is 0 Å². The molecule has 0 radical (unpaired) electrons. The van der Waals surface area contributed by atoms with Gasteiger partial charge in [-0.15, -0.1) is 0 Å². The maximum absolute atomic E-state index is 8.52. The Balaban J connectivity index is 2.78. The number of nitrogen functional groups attached to an aromatic ring is 1. The van der Waals surface area contributed by atoms with Crippen molar-refractivity contribution >= 4 is 5.69 Å². The molecule has 0 saturated heterocycles. The minimum Gasteiger partial charge on any atom is -0.489 e. The lowest BCUT2D eigenvalue weighted by Gasteiger charge is -2.08. The van der Waals surface area contributed by atoms with E-state index >= 15 is 0 Å². The number of aryl methyl sites for hydroxylation is 1. The monoisotopic (exact) mass is 167 g/mol. The number of nitrogens with two attached hydrogens (primary N) is 1. The third-order valence-electron chi connectivity index (χ3n) is 1.63. The summed E-state index contributed by atoms with van der Waals surface area (Å²) in [5.41, 5.74) is 7.35. The van der Waals surface area contributed by atoms with E-state index in [0.29, 0.717) is 11.4 Å². The third kappa shape index (κ3) is 1.89. The van der Waals surface area contributed by atoms with Gasteiger partial charge in [0.1, 0.15) is 12.4 Å². The molecule has 0 aliphatic rings. The molecule has 0 saturated carbocycles. The Hall–Kier alpha value is -1.22. The minimum atomic E-state index is 0.00732. The van der Waals surface area contributed by atoms with Crippen LogP contribution in [-0.4, -0.2) is 18.3 Å². The molecule has 0 amide bonds. The minimum absolute atomic E-state index is 0.00732. The SMILES string of the molecule is Cc1cccc(OCCO)c1N. The predicted molar refractivity (Wildman–Crippen MR) is 48.2 cm³/mol. The van der Waals surface area contributed by atoms with Gasteiger partial charge in [0.25, 0.3) is 0 Å². The Bertz CT molecular complexity index is 261. The summed E-state index contributed by atoms with van der Waals surface area (Å²) in [6.45, 7) is 2.21. The predicted octanol–water partition coefficient (Wildman–Crippen LogP) is 0.948. The molecule has 0 bridgehead atoms. The number of rotatable bonds is 3. The third-order valence-corrected chi connectivity index (χ3v) is 1.63. The summed E-state index contributed by atoms with van der Waals surface area (Å²) in [7, 11) is 0. The lowest BCUT2D eigenvalue weighted by Crippen LogP contribution is -2.04. The highest BCUT2D eigenvalue weighted by atomic mass is 16.5. The highest BCUT2D eigenvalue weighted by molar-refractivity contribution is 5.57. The molecule has 1 aromatic rings. The van der Waals surface area contributed by atoms with Crippen molar-refractivity contribution in [3.8, 4) is 5.75 Å². The molecule has 0 aromatic heterocycles. The fourth-order valence-corrected chi connectivity index (χ4v) is 0.935. The first-order valence-corrected chi connectivity index (χ1v) is 3.84. The van der Waals surface area contributed by atoms with Gasteiger partial charge in [-0.1, -0.05) is 12.1 Å². The van der Waals surface area contributed by atoms with Crippen LogP contribution in [0.5, 0.6) is 5.75 Å². The average molecular weight is 167 g/mol. The van der Waals surface area contributed by atoms with Gasteiger partial charge < -0.3 is 15.6 Å². The summed E-state index contributed by atoms with van der Waals surface area (Å²) >= 11 is 0. The average Bonchev–Trinajstić information content (AvgIpc) is 2.08. The van der Waals surface area contributed by atoms with Gasteiger partial charge in [-0.2, -0.15) is 0 Å². The Labute approximate surface area is 71.8 Å². The van der Waals surface area contributed by atoms with E-state index in [2.05, 4.69) is 0 Å². The first kappa shape index (κ1) is 8.87. The van der Waals surface area contributed by atoms with Gasteiger partial charge in [-0.3, -0.25) is 0 Å². The molecule has 0 heterocycles. The van der Waals surface area contributed by atoms with E-state index in [9.17, 15) is 0 Å². The summed E-state index contributed by atoms with van der Waals surface area (Å²) in [6.07, 6.45) is 0. The number of ether oxygens (including phenoxy) is 1. The van der Waals surface area contributed by atoms with Crippen LogP contribution in [0.25, 0.3) is 0 Å². The van der Waals surface area contributed by atoms with E-state index in [1.54, 1.807) is 6.07 Å². The Morgan fingerprint density at radius 2 is 2.25 bits per heavy atom. The van der Waals surface area contributed by atoms with E-state index in [0.717, 1.165) is 5.56 Å². The summed E-state index contributed by atoms with van der Waals surface area (Å²) in [5, 5.41) is 8.52. The largest absolute Gasteiger partial charge is 0.489 e. The molecule has 0 spiro atoms. The second-order valence-electron chi connectivity index (χ2n) is 2.56. The van der Waals surface area contributed by atoms with Gasteiger partial charge in [-0.25, -0.2) is 0 Å². The van der Waals surface area contributed by atoms with Crippen molar-refractivity contribution in [2.75, 3.05) is 18.9 Å². The number of aliphatic hydroxyl groups excluding tert-OH is 1. The molecule has 0 unspecified atom stereocenters. The molecule has 3 nitrogen and oxygen atoms in total. The summed E-state index contributed by atoms with van der Waals surface area (Å²) < 4.78 is 5.19. The van der Waals surface area contributed by atoms with Crippen molar-refractivity contribution in [2.24, 2.45) is 0 Å². The van der Waals surface area contributed by atoms with Gasteiger partial charge in [-0.05, 0) is 18.6 Å². The molecular formula is C9H13NO2. The molecule has 3 heteroatoms. The second-order valence-corrected chi connectivity index (χ2v) is 2.56. The van der Waals surface area contributed by atoms with Crippen molar-refractivity contribution in [2.45, 2.75) is 6.92 Å². The maximum atomic E-state index is 8.52. The van der Waals surface area contributed by atoms with Crippen molar-refractivity contribution in [1.82, 2.24) is 0 Å². The number of para-hydroxylation sites is 1. The molecule has 3 N–H and O–H groups in total. The van der Waals surface area contributed by atoms with E-state index in [1.807, 2.05) is 19.1 Å². The smallest absolute Gasteiger partial charge is 0.142 e. The first-order valence-electron chi connectivity index (χ1n) is 3.84. The highest BCUT2D eigenvalue weighted by Gasteiger charge is 2.00. The molecule has 66 valence electrons. The van der Waals surface area contributed by atoms with Gasteiger partial charge in [0.05, 0.1) is 12.3 Å². The molecule has 0 aliphatic heterocycles.